The standard InChI is InChI=1S/C18H15FN4O3/c19-13-6-2-4-8-15(13)22-16(24)9-20-17(25)10-23-11-21-14-7-3-1-5-12(14)18(23)26/h1-8,11H,9-10H2,(H,20,25)(H,22,24). The van der Waals surface area contributed by atoms with Crippen LogP contribution >= 0.6 is 0 Å². The van der Waals surface area contributed by atoms with E-state index in [4.69, 9.17) is 0 Å². The van der Waals surface area contributed by atoms with Crippen LogP contribution < -0.4 is 16.2 Å². The second-order valence-corrected chi connectivity index (χ2v) is 5.50. The summed E-state index contributed by atoms with van der Waals surface area (Å²) in [6, 6.07) is 12.5. The Balaban J connectivity index is 1.59. The average Bonchev–Trinajstić information content (AvgIpc) is 2.64. The molecule has 0 bridgehead atoms. The van der Waals surface area contributed by atoms with E-state index in [1.54, 1.807) is 30.3 Å². The molecule has 0 saturated carbocycles. The number of amides is 2. The van der Waals surface area contributed by atoms with Crippen LogP contribution in [0.2, 0.25) is 0 Å². The van der Waals surface area contributed by atoms with Gasteiger partial charge in [0.2, 0.25) is 11.8 Å². The highest BCUT2D eigenvalue weighted by Gasteiger charge is 2.10. The van der Waals surface area contributed by atoms with Crippen molar-refractivity contribution in [2.24, 2.45) is 0 Å². The number of para-hydroxylation sites is 2. The van der Waals surface area contributed by atoms with Gasteiger partial charge >= 0.3 is 0 Å². The van der Waals surface area contributed by atoms with Gasteiger partial charge in [0.1, 0.15) is 12.4 Å². The summed E-state index contributed by atoms with van der Waals surface area (Å²) in [5, 5.41) is 5.14. The molecule has 1 aromatic heterocycles. The Morgan fingerprint density at radius 3 is 2.58 bits per heavy atom. The third kappa shape index (κ3) is 3.92. The van der Waals surface area contributed by atoms with Gasteiger partial charge in [0.05, 0.1) is 29.5 Å². The quantitative estimate of drug-likeness (QED) is 0.722. The zero-order valence-corrected chi connectivity index (χ0v) is 13.6. The maximum atomic E-state index is 13.5. The minimum Gasteiger partial charge on any atom is -0.345 e. The Morgan fingerprint density at radius 2 is 1.77 bits per heavy atom. The van der Waals surface area contributed by atoms with E-state index in [0.717, 1.165) is 4.57 Å². The number of carbonyl (C=O) groups excluding carboxylic acids is 2. The van der Waals surface area contributed by atoms with Crippen molar-refractivity contribution in [3.63, 3.8) is 0 Å². The molecule has 0 fully saturated rings. The smallest absolute Gasteiger partial charge is 0.261 e. The molecule has 0 aliphatic rings. The fourth-order valence-corrected chi connectivity index (χ4v) is 2.37. The molecule has 0 spiro atoms. The van der Waals surface area contributed by atoms with Gasteiger partial charge in [-0.05, 0) is 24.3 Å². The van der Waals surface area contributed by atoms with E-state index in [1.807, 2.05) is 0 Å². The van der Waals surface area contributed by atoms with Crippen molar-refractivity contribution < 1.29 is 14.0 Å². The zero-order chi connectivity index (χ0) is 18.5. The number of hydrogen-bond acceptors (Lipinski definition) is 4. The fraction of sp³-hybridized carbons (Fsp3) is 0.111. The number of benzene rings is 2. The highest BCUT2D eigenvalue weighted by atomic mass is 19.1. The van der Waals surface area contributed by atoms with Crippen LogP contribution in [0.1, 0.15) is 0 Å². The number of halogens is 1. The van der Waals surface area contributed by atoms with Gasteiger partial charge in [-0.1, -0.05) is 24.3 Å². The van der Waals surface area contributed by atoms with Crippen LogP contribution in [0.5, 0.6) is 0 Å². The van der Waals surface area contributed by atoms with E-state index in [2.05, 4.69) is 15.6 Å². The van der Waals surface area contributed by atoms with Crippen molar-refractivity contribution >= 4 is 28.4 Å². The topological polar surface area (TPSA) is 93.1 Å². The van der Waals surface area contributed by atoms with Crippen molar-refractivity contribution in [1.29, 1.82) is 0 Å². The summed E-state index contributed by atoms with van der Waals surface area (Å²) in [7, 11) is 0. The fourth-order valence-electron chi connectivity index (χ4n) is 2.37. The largest absolute Gasteiger partial charge is 0.345 e. The Labute approximate surface area is 147 Å². The van der Waals surface area contributed by atoms with E-state index in [0.29, 0.717) is 10.9 Å². The number of nitrogens with zero attached hydrogens (tertiary/aromatic N) is 2. The number of aromatic nitrogens is 2. The van der Waals surface area contributed by atoms with Gasteiger partial charge in [-0.15, -0.1) is 0 Å². The molecule has 0 atom stereocenters. The van der Waals surface area contributed by atoms with Crippen LogP contribution in [-0.4, -0.2) is 27.9 Å². The van der Waals surface area contributed by atoms with Gasteiger partial charge in [0.15, 0.2) is 0 Å². The van der Waals surface area contributed by atoms with Crippen LogP contribution in [0.25, 0.3) is 10.9 Å². The first kappa shape index (κ1) is 17.3. The first-order valence-corrected chi connectivity index (χ1v) is 7.80. The molecular formula is C18H15FN4O3. The van der Waals surface area contributed by atoms with Crippen LogP contribution in [-0.2, 0) is 16.1 Å². The van der Waals surface area contributed by atoms with E-state index >= 15 is 0 Å². The lowest BCUT2D eigenvalue weighted by molar-refractivity contribution is -0.124. The molecule has 132 valence electrons. The zero-order valence-electron chi connectivity index (χ0n) is 13.6. The van der Waals surface area contributed by atoms with Gasteiger partial charge in [-0.3, -0.25) is 19.0 Å². The number of rotatable bonds is 5. The van der Waals surface area contributed by atoms with Crippen molar-refractivity contribution in [1.82, 2.24) is 14.9 Å². The van der Waals surface area contributed by atoms with E-state index in [1.165, 1.54) is 24.5 Å². The molecule has 0 radical (unpaired) electrons. The second-order valence-electron chi connectivity index (χ2n) is 5.50. The molecule has 2 aromatic carbocycles. The lowest BCUT2D eigenvalue weighted by Crippen LogP contribution is -2.37. The summed E-state index contributed by atoms with van der Waals surface area (Å²) in [6.07, 6.45) is 1.28. The SMILES string of the molecule is O=C(Cn1cnc2ccccc2c1=O)NCC(=O)Nc1ccccc1F. The van der Waals surface area contributed by atoms with Gasteiger partial charge in [0.25, 0.3) is 5.56 Å². The average molecular weight is 354 g/mol. The lowest BCUT2D eigenvalue weighted by atomic mass is 10.2. The van der Waals surface area contributed by atoms with Crippen molar-refractivity contribution in [3.05, 3.63) is 71.0 Å². The Hall–Kier alpha value is -3.55. The van der Waals surface area contributed by atoms with Crippen LogP contribution in [0.4, 0.5) is 10.1 Å². The molecule has 0 saturated heterocycles. The number of nitrogens with one attached hydrogen (secondary N) is 2. The minimum absolute atomic E-state index is 0.0293. The summed E-state index contributed by atoms with van der Waals surface area (Å²) >= 11 is 0. The normalized spacial score (nSPS) is 10.5. The number of hydrogen-bond donors (Lipinski definition) is 2. The third-order valence-electron chi connectivity index (χ3n) is 3.64. The highest BCUT2D eigenvalue weighted by Crippen LogP contribution is 2.11. The molecule has 0 aliphatic heterocycles. The van der Waals surface area contributed by atoms with E-state index < -0.39 is 17.6 Å². The molecule has 8 heteroatoms. The Bertz CT molecular complexity index is 1030. The number of carbonyl (C=O) groups is 2. The van der Waals surface area contributed by atoms with E-state index in [-0.39, 0.29) is 24.3 Å². The summed E-state index contributed by atoms with van der Waals surface area (Å²) in [4.78, 5) is 40.2. The molecule has 7 nitrogen and oxygen atoms in total. The predicted molar refractivity (Wildman–Crippen MR) is 94.0 cm³/mol. The van der Waals surface area contributed by atoms with Crippen LogP contribution in [0, 0.1) is 5.82 Å². The summed E-state index contributed by atoms with van der Waals surface area (Å²) in [5.41, 5.74) is 0.224. The van der Waals surface area contributed by atoms with Gasteiger partial charge in [-0.2, -0.15) is 0 Å². The number of anilines is 1. The highest BCUT2D eigenvalue weighted by molar-refractivity contribution is 5.94. The van der Waals surface area contributed by atoms with Crippen molar-refractivity contribution in [2.45, 2.75) is 6.54 Å². The molecule has 3 aromatic rings. The second kappa shape index (κ2) is 7.56. The first-order valence-electron chi connectivity index (χ1n) is 7.80. The maximum Gasteiger partial charge on any atom is 0.261 e. The van der Waals surface area contributed by atoms with Crippen molar-refractivity contribution in [2.75, 3.05) is 11.9 Å². The monoisotopic (exact) mass is 354 g/mol. The van der Waals surface area contributed by atoms with Crippen LogP contribution in [0.3, 0.4) is 0 Å². The summed E-state index contributed by atoms with van der Waals surface area (Å²) in [6.45, 7) is -0.618. The van der Waals surface area contributed by atoms with Gasteiger partial charge < -0.3 is 10.6 Å². The Morgan fingerprint density at radius 1 is 1.04 bits per heavy atom. The van der Waals surface area contributed by atoms with Crippen LogP contribution in [0.15, 0.2) is 59.7 Å². The van der Waals surface area contributed by atoms with Gasteiger partial charge in [0, 0.05) is 0 Å². The summed E-state index contributed by atoms with van der Waals surface area (Å²) < 4.78 is 14.6. The lowest BCUT2D eigenvalue weighted by Gasteiger charge is -2.09. The minimum atomic E-state index is -0.576. The molecule has 1 heterocycles. The van der Waals surface area contributed by atoms with Gasteiger partial charge in [-0.25, -0.2) is 9.37 Å². The molecule has 26 heavy (non-hydrogen) atoms. The molecule has 3 rings (SSSR count). The molecule has 0 aliphatic carbocycles. The molecule has 0 unspecified atom stereocenters. The maximum absolute atomic E-state index is 13.5. The molecule has 2 amide bonds. The molecular weight excluding hydrogens is 339 g/mol. The molecule has 2 N–H and O–H groups in total. The Kier molecular flexibility index (Phi) is 5.02. The first-order chi connectivity index (χ1) is 12.5. The van der Waals surface area contributed by atoms with E-state index in [9.17, 15) is 18.8 Å². The van der Waals surface area contributed by atoms with Crippen molar-refractivity contribution in [3.8, 4) is 0 Å². The number of fused-ring (bicyclic) bond motifs is 1. The predicted octanol–water partition coefficient (Wildman–Crippen LogP) is 1.29. The summed E-state index contributed by atoms with van der Waals surface area (Å²) in [5.74, 6) is -1.68. The third-order valence-corrected chi connectivity index (χ3v) is 3.64.